The van der Waals surface area contributed by atoms with Crippen LogP contribution in [-0.2, 0) is 30.4 Å². The topological polar surface area (TPSA) is 99.1 Å². The van der Waals surface area contributed by atoms with Gasteiger partial charge in [0.15, 0.2) is 0 Å². The molecule has 0 fully saturated rings. The fraction of sp³-hybridized carbons (Fsp3) is 0.318. The third kappa shape index (κ3) is 6.73. The van der Waals surface area contributed by atoms with Crippen LogP contribution < -0.4 is 0 Å². The highest BCUT2D eigenvalue weighted by Gasteiger charge is 2.15. The third-order valence-corrected chi connectivity index (χ3v) is 3.98. The quantitative estimate of drug-likeness (QED) is 0.392. The van der Waals surface area contributed by atoms with Crippen LogP contribution >= 0.6 is 0 Å². The van der Waals surface area contributed by atoms with Crippen LogP contribution in [0.3, 0.4) is 0 Å². The monoisotopic (exact) mass is 400 g/mol. The van der Waals surface area contributed by atoms with Crippen molar-refractivity contribution in [3.63, 3.8) is 0 Å². The first kappa shape index (κ1) is 22.1. The molecule has 1 atom stereocenters. The van der Waals surface area contributed by atoms with Crippen molar-refractivity contribution in [3.05, 3.63) is 60.2 Å². The summed E-state index contributed by atoms with van der Waals surface area (Å²) in [4.78, 5) is 34.8. The molecule has 7 heteroatoms. The van der Waals surface area contributed by atoms with E-state index in [4.69, 9.17) is 14.2 Å². The molecule has 154 valence electrons. The smallest absolute Gasteiger partial charge is 0.338 e. The zero-order valence-corrected chi connectivity index (χ0v) is 16.4. The normalized spacial score (nSPS) is 11.7. The molecule has 0 saturated heterocycles. The molecule has 0 spiro atoms. The molecule has 2 aromatic rings. The van der Waals surface area contributed by atoms with Crippen molar-refractivity contribution < 1.29 is 33.7 Å². The molecule has 0 aliphatic heterocycles. The first-order valence-corrected chi connectivity index (χ1v) is 9.14. The molecule has 0 amide bonds. The van der Waals surface area contributed by atoms with Crippen molar-refractivity contribution in [2.45, 2.75) is 26.6 Å². The predicted octanol–water partition coefficient (Wildman–Crippen LogP) is 2.79. The lowest BCUT2D eigenvalue weighted by atomic mass is 10.0. The summed E-state index contributed by atoms with van der Waals surface area (Å²) in [6.07, 6.45) is -0.0128. The molecule has 0 radical (unpaired) electrons. The Labute approximate surface area is 168 Å². The minimum atomic E-state index is -1.10. The van der Waals surface area contributed by atoms with E-state index in [0.29, 0.717) is 5.56 Å². The number of carbonyl (C=O) groups is 3. The van der Waals surface area contributed by atoms with Crippen LogP contribution in [0, 0.1) is 5.92 Å². The van der Waals surface area contributed by atoms with Crippen LogP contribution in [0.2, 0.25) is 0 Å². The van der Waals surface area contributed by atoms with E-state index in [-0.39, 0.29) is 25.7 Å². The van der Waals surface area contributed by atoms with Crippen LogP contribution in [0.1, 0.15) is 29.8 Å². The summed E-state index contributed by atoms with van der Waals surface area (Å²) in [5, 5.41) is 11.5. The summed E-state index contributed by atoms with van der Waals surface area (Å²) in [7, 11) is 0. The number of ether oxygens (including phenoxy) is 3. The SMILES string of the molecule is C=CC(=O)OCc1ccc2ccc(C(=O)OCC(O)COC(=O)C(C)C)cc2c1. The largest absolute Gasteiger partial charge is 0.463 e. The molecule has 0 heterocycles. The van der Waals surface area contributed by atoms with Crippen LogP contribution in [0.15, 0.2) is 49.1 Å². The van der Waals surface area contributed by atoms with Crippen molar-refractivity contribution in [2.24, 2.45) is 5.92 Å². The molecule has 2 aromatic carbocycles. The minimum absolute atomic E-state index is 0.0940. The second-order valence-electron chi connectivity index (χ2n) is 6.75. The van der Waals surface area contributed by atoms with Gasteiger partial charge in [-0.25, -0.2) is 9.59 Å². The number of fused-ring (bicyclic) bond motifs is 1. The lowest BCUT2D eigenvalue weighted by molar-refractivity contribution is -0.151. The Morgan fingerprint density at radius 1 is 1.00 bits per heavy atom. The van der Waals surface area contributed by atoms with Gasteiger partial charge in [-0.1, -0.05) is 38.6 Å². The lowest BCUT2D eigenvalue weighted by Crippen LogP contribution is -2.26. The number of hydrogen-bond acceptors (Lipinski definition) is 7. The van der Waals surface area contributed by atoms with Crippen LogP contribution in [0.4, 0.5) is 0 Å². The maximum absolute atomic E-state index is 12.3. The number of aliphatic hydroxyl groups excluding tert-OH is 1. The Balaban J connectivity index is 1.97. The maximum atomic E-state index is 12.3. The Morgan fingerprint density at radius 3 is 2.38 bits per heavy atom. The van der Waals surface area contributed by atoms with E-state index in [1.165, 1.54) is 0 Å². The molecule has 1 unspecified atom stereocenters. The van der Waals surface area contributed by atoms with Crippen molar-refractivity contribution in [1.29, 1.82) is 0 Å². The number of carbonyl (C=O) groups excluding carboxylic acids is 3. The van der Waals surface area contributed by atoms with Gasteiger partial charge in [0, 0.05) is 6.08 Å². The predicted molar refractivity (Wildman–Crippen MR) is 106 cm³/mol. The van der Waals surface area contributed by atoms with E-state index in [1.807, 2.05) is 18.2 Å². The molecule has 0 bridgehead atoms. The van der Waals surface area contributed by atoms with Gasteiger partial charge in [0.05, 0.1) is 11.5 Å². The number of aliphatic hydroxyl groups is 1. The van der Waals surface area contributed by atoms with E-state index in [2.05, 4.69) is 6.58 Å². The summed E-state index contributed by atoms with van der Waals surface area (Å²) in [6, 6.07) is 10.5. The summed E-state index contributed by atoms with van der Waals surface area (Å²) in [5.74, 6) is -1.85. The zero-order valence-electron chi connectivity index (χ0n) is 16.4. The summed E-state index contributed by atoms with van der Waals surface area (Å²) >= 11 is 0. The van der Waals surface area contributed by atoms with Gasteiger partial charge in [-0.3, -0.25) is 4.79 Å². The summed E-state index contributed by atoms with van der Waals surface area (Å²) in [6.45, 7) is 6.27. The van der Waals surface area contributed by atoms with E-state index in [9.17, 15) is 19.5 Å². The van der Waals surface area contributed by atoms with E-state index >= 15 is 0 Å². The van der Waals surface area contributed by atoms with Crippen LogP contribution in [0.25, 0.3) is 10.8 Å². The highest BCUT2D eigenvalue weighted by atomic mass is 16.6. The van der Waals surface area contributed by atoms with Gasteiger partial charge in [-0.05, 0) is 34.5 Å². The minimum Gasteiger partial charge on any atom is -0.463 e. The standard InChI is InChI=1S/C22H24O7/c1-4-20(24)27-11-15-5-6-16-7-8-17(10-18(16)9-15)22(26)29-13-19(23)12-28-21(25)14(2)3/h4-10,14,19,23H,1,11-13H2,2-3H3. The molecule has 0 aromatic heterocycles. The second-order valence-corrected chi connectivity index (χ2v) is 6.75. The van der Waals surface area contributed by atoms with Gasteiger partial charge in [0.25, 0.3) is 0 Å². The number of hydrogen-bond donors (Lipinski definition) is 1. The van der Waals surface area contributed by atoms with Gasteiger partial charge < -0.3 is 19.3 Å². The van der Waals surface area contributed by atoms with Gasteiger partial charge in [0.2, 0.25) is 0 Å². The van der Waals surface area contributed by atoms with Crippen LogP contribution in [-0.4, -0.2) is 42.3 Å². The average Bonchev–Trinajstić information content (AvgIpc) is 2.73. The fourth-order valence-corrected chi connectivity index (χ4v) is 2.37. The second kappa shape index (κ2) is 10.4. The average molecular weight is 400 g/mol. The van der Waals surface area contributed by atoms with Crippen molar-refractivity contribution in [1.82, 2.24) is 0 Å². The molecule has 1 N–H and O–H groups in total. The fourth-order valence-electron chi connectivity index (χ4n) is 2.37. The highest BCUT2D eigenvalue weighted by Crippen LogP contribution is 2.19. The van der Waals surface area contributed by atoms with Crippen molar-refractivity contribution in [3.8, 4) is 0 Å². The third-order valence-electron chi connectivity index (χ3n) is 3.98. The molecular formula is C22H24O7. The first-order valence-electron chi connectivity index (χ1n) is 9.14. The number of benzene rings is 2. The molecule has 0 aliphatic carbocycles. The van der Waals surface area contributed by atoms with Crippen LogP contribution in [0.5, 0.6) is 0 Å². The zero-order chi connectivity index (χ0) is 21.4. The molecule has 2 rings (SSSR count). The summed E-state index contributed by atoms with van der Waals surface area (Å²) < 4.78 is 15.0. The Bertz CT molecular complexity index is 901. The molecular weight excluding hydrogens is 376 g/mol. The number of esters is 3. The van der Waals surface area contributed by atoms with Gasteiger partial charge in [-0.2, -0.15) is 0 Å². The highest BCUT2D eigenvalue weighted by molar-refractivity contribution is 5.95. The van der Waals surface area contributed by atoms with Gasteiger partial charge >= 0.3 is 17.9 Å². The molecule has 29 heavy (non-hydrogen) atoms. The lowest BCUT2D eigenvalue weighted by Gasteiger charge is -2.13. The Hall–Kier alpha value is -3.19. The number of rotatable bonds is 9. The van der Waals surface area contributed by atoms with Gasteiger partial charge in [-0.15, -0.1) is 0 Å². The maximum Gasteiger partial charge on any atom is 0.338 e. The summed E-state index contributed by atoms with van der Waals surface area (Å²) in [5.41, 5.74) is 1.07. The van der Waals surface area contributed by atoms with E-state index < -0.39 is 24.0 Å². The van der Waals surface area contributed by atoms with Crippen molar-refractivity contribution >= 4 is 28.7 Å². The van der Waals surface area contributed by atoms with E-state index in [0.717, 1.165) is 22.4 Å². The Morgan fingerprint density at radius 2 is 1.69 bits per heavy atom. The van der Waals surface area contributed by atoms with Gasteiger partial charge in [0.1, 0.15) is 25.9 Å². The Kier molecular flexibility index (Phi) is 7.91. The van der Waals surface area contributed by atoms with Crippen molar-refractivity contribution in [2.75, 3.05) is 13.2 Å². The first-order chi connectivity index (χ1) is 13.8. The van der Waals surface area contributed by atoms with E-state index in [1.54, 1.807) is 32.0 Å². The molecule has 0 saturated carbocycles. The molecule has 0 aliphatic rings. The molecule has 7 nitrogen and oxygen atoms in total.